The van der Waals surface area contributed by atoms with Crippen LogP contribution in [-0.2, 0) is 0 Å². The molecule has 0 aromatic heterocycles. The number of rotatable bonds is 5. The number of carbonyl (C=O) groups is 1. The molecule has 20 heavy (non-hydrogen) atoms. The number of amides is 1. The zero-order valence-electron chi connectivity index (χ0n) is 11.9. The molecule has 1 aromatic carbocycles. The normalized spacial score (nSPS) is 13.1. The van der Waals surface area contributed by atoms with E-state index in [1.807, 2.05) is 32.9 Å². The van der Waals surface area contributed by atoms with Crippen molar-refractivity contribution in [3.05, 3.63) is 33.8 Å². The van der Waals surface area contributed by atoms with Gasteiger partial charge in [0.25, 0.3) is 5.91 Å². The Hall–Kier alpha value is -1.56. The maximum atomic E-state index is 12.6. The Bertz CT molecular complexity index is 517. The summed E-state index contributed by atoms with van der Waals surface area (Å²) in [7, 11) is 0. The molecule has 1 atom stereocenters. The lowest BCUT2D eigenvalue weighted by Crippen LogP contribution is -2.39. The fourth-order valence-corrected chi connectivity index (χ4v) is 2.25. The second-order valence-electron chi connectivity index (χ2n) is 4.68. The number of amidine groups is 1. The lowest BCUT2D eigenvalue weighted by Gasteiger charge is -2.25. The zero-order chi connectivity index (χ0) is 15.3. The fourth-order valence-electron chi connectivity index (χ4n) is 1.89. The standard InChI is InChI=1S/C14H20BrN3O2/c1-4-18(8-9(2)13(16)17-20)14(19)11-6-5-7-12(15)10(11)3/h5-7,9,20H,4,8H2,1-3H3,(H2,16,17). The van der Waals surface area contributed by atoms with E-state index in [0.29, 0.717) is 18.7 Å². The number of hydrogen-bond donors (Lipinski definition) is 2. The first-order valence-electron chi connectivity index (χ1n) is 6.44. The second-order valence-corrected chi connectivity index (χ2v) is 5.54. The van der Waals surface area contributed by atoms with Gasteiger partial charge in [-0.3, -0.25) is 4.79 Å². The van der Waals surface area contributed by atoms with Gasteiger partial charge in [0.05, 0.1) is 0 Å². The molecule has 0 heterocycles. The number of hydrogen-bond acceptors (Lipinski definition) is 3. The van der Waals surface area contributed by atoms with Crippen LogP contribution < -0.4 is 5.73 Å². The third-order valence-corrected chi connectivity index (χ3v) is 4.14. The molecule has 110 valence electrons. The van der Waals surface area contributed by atoms with Gasteiger partial charge in [-0.05, 0) is 31.5 Å². The summed E-state index contributed by atoms with van der Waals surface area (Å²) in [6.45, 7) is 6.60. The highest BCUT2D eigenvalue weighted by molar-refractivity contribution is 9.10. The van der Waals surface area contributed by atoms with Crippen LogP contribution in [0.4, 0.5) is 0 Å². The molecule has 0 aliphatic rings. The van der Waals surface area contributed by atoms with Crippen molar-refractivity contribution in [3.63, 3.8) is 0 Å². The number of halogens is 1. The second kappa shape index (κ2) is 7.28. The molecule has 0 aliphatic carbocycles. The average molecular weight is 342 g/mol. The molecule has 6 heteroatoms. The highest BCUT2D eigenvalue weighted by Crippen LogP contribution is 2.21. The van der Waals surface area contributed by atoms with Crippen LogP contribution in [0.1, 0.15) is 29.8 Å². The average Bonchev–Trinajstić information content (AvgIpc) is 2.45. The van der Waals surface area contributed by atoms with E-state index in [9.17, 15) is 4.79 Å². The van der Waals surface area contributed by atoms with Crippen molar-refractivity contribution < 1.29 is 10.0 Å². The molecule has 0 fully saturated rings. The molecule has 0 radical (unpaired) electrons. The Morgan fingerprint density at radius 2 is 2.20 bits per heavy atom. The molecule has 1 unspecified atom stereocenters. The van der Waals surface area contributed by atoms with E-state index < -0.39 is 0 Å². The number of nitrogens with two attached hydrogens (primary N) is 1. The molecule has 0 aliphatic heterocycles. The van der Waals surface area contributed by atoms with Gasteiger partial charge in [-0.15, -0.1) is 0 Å². The SMILES string of the molecule is CCN(CC(C)C(N)=NO)C(=O)c1cccc(Br)c1C. The van der Waals surface area contributed by atoms with E-state index in [4.69, 9.17) is 10.9 Å². The van der Waals surface area contributed by atoms with E-state index in [1.54, 1.807) is 11.0 Å². The Morgan fingerprint density at radius 3 is 2.75 bits per heavy atom. The van der Waals surface area contributed by atoms with E-state index in [1.165, 1.54) is 0 Å². The molecule has 1 rings (SSSR count). The maximum Gasteiger partial charge on any atom is 0.254 e. The molecule has 0 spiro atoms. The van der Waals surface area contributed by atoms with E-state index >= 15 is 0 Å². The number of nitrogens with zero attached hydrogens (tertiary/aromatic N) is 2. The zero-order valence-corrected chi connectivity index (χ0v) is 13.5. The van der Waals surface area contributed by atoms with E-state index in [-0.39, 0.29) is 17.7 Å². The molecule has 0 saturated heterocycles. The van der Waals surface area contributed by atoms with Crippen LogP contribution in [0.5, 0.6) is 0 Å². The van der Waals surface area contributed by atoms with Crippen LogP contribution in [0, 0.1) is 12.8 Å². The molecular weight excluding hydrogens is 322 g/mol. The minimum atomic E-state index is -0.198. The van der Waals surface area contributed by atoms with Crippen molar-refractivity contribution in [1.29, 1.82) is 0 Å². The van der Waals surface area contributed by atoms with E-state index in [0.717, 1.165) is 10.0 Å². The number of carbonyl (C=O) groups excluding carboxylic acids is 1. The minimum absolute atomic E-state index is 0.0520. The van der Waals surface area contributed by atoms with Gasteiger partial charge >= 0.3 is 0 Å². The highest BCUT2D eigenvalue weighted by Gasteiger charge is 2.20. The summed E-state index contributed by atoms with van der Waals surface area (Å²) >= 11 is 3.43. The Labute approximate surface area is 127 Å². The van der Waals surface area contributed by atoms with Crippen LogP contribution in [0.25, 0.3) is 0 Å². The summed E-state index contributed by atoms with van der Waals surface area (Å²) in [5.74, 6) is -0.123. The van der Waals surface area contributed by atoms with Crippen molar-refractivity contribution in [1.82, 2.24) is 4.90 Å². The van der Waals surface area contributed by atoms with Crippen LogP contribution in [-0.4, -0.2) is 34.9 Å². The first-order chi connectivity index (χ1) is 9.42. The van der Waals surface area contributed by atoms with Gasteiger partial charge in [-0.1, -0.05) is 34.1 Å². The van der Waals surface area contributed by atoms with Gasteiger partial charge in [-0.25, -0.2) is 0 Å². The van der Waals surface area contributed by atoms with Crippen LogP contribution in [0.3, 0.4) is 0 Å². The van der Waals surface area contributed by atoms with Crippen molar-refractivity contribution >= 4 is 27.7 Å². The third kappa shape index (κ3) is 3.72. The first-order valence-corrected chi connectivity index (χ1v) is 7.23. The van der Waals surface area contributed by atoms with Gasteiger partial charge < -0.3 is 15.8 Å². The predicted octanol–water partition coefficient (Wildman–Crippen LogP) is 2.60. The van der Waals surface area contributed by atoms with Crippen LogP contribution >= 0.6 is 15.9 Å². The van der Waals surface area contributed by atoms with Gasteiger partial charge in [0.2, 0.25) is 0 Å². The first kappa shape index (κ1) is 16.5. The third-order valence-electron chi connectivity index (χ3n) is 3.28. The Balaban J connectivity index is 2.95. The van der Waals surface area contributed by atoms with Crippen LogP contribution in [0.15, 0.2) is 27.8 Å². The van der Waals surface area contributed by atoms with Crippen molar-refractivity contribution in [2.75, 3.05) is 13.1 Å². The molecule has 1 amide bonds. The van der Waals surface area contributed by atoms with E-state index in [2.05, 4.69) is 21.1 Å². The number of oxime groups is 1. The molecule has 3 N–H and O–H groups in total. The summed E-state index contributed by atoms with van der Waals surface area (Å²) in [4.78, 5) is 14.2. The summed E-state index contributed by atoms with van der Waals surface area (Å²) in [6.07, 6.45) is 0. The van der Waals surface area contributed by atoms with Crippen molar-refractivity contribution in [3.8, 4) is 0 Å². The summed E-state index contributed by atoms with van der Waals surface area (Å²) in [5, 5.41) is 11.7. The Kier molecular flexibility index (Phi) is 6.01. The fraction of sp³-hybridized carbons (Fsp3) is 0.429. The van der Waals surface area contributed by atoms with Crippen molar-refractivity contribution in [2.24, 2.45) is 16.8 Å². The molecule has 5 nitrogen and oxygen atoms in total. The molecule has 0 bridgehead atoms. The van der Waals surface area contributed by atoms with Crippen molar-refractivity contribution in [2.45, 2.75) is 20.8 Å². The van der Waals surface area contributed by atoms with Gasteiger partial charge in [0.15, 0.2) is 0 Å². The molecule has 1 aromatic rings. The lowest BCUT2D eigenvalue weighted by molar-refractivity contribution is 0.0753. The van der Waals surface area contributed by atoms with Gasteiger partial charge in [-0.2, -0.15) is 0 Å². The topological polar surface area (TPSA) is 78.9 Å². The monoisotopic (exact) mass is 341 g/mol. The van der Waals surface area contributed by atoms with Gasteiger partial charge in [0, 0.05) is 29.0 Å². The highest BCUT2D eigenvalue weighted by atomic mass is 79.9. The largest absolute Gasteiger partial charge is 0.409 e. The van der Waals surface area contributed by atoms with Gasteiger partial charge in [0.1, 0.15) is 5.84 Å². The Morgan fingerprint density at radius 1 is 1.55 bits per heavy atom. The lowest BCUT2D eigenvalue weighted by atomic mass is 10.1. The summed E-state index contributed by atoms with van der Waals surface area (Å²) < 4.78 is 0.906. The molecular formula is C14H20BrN3O2. The minimum Gasteiger partial charge on any atom is -0.409 e. The summed E-state index contributed by atoms with van der Waals surface area (Å²) in [6, 6.07) is 5.55. The predicted molar refractivity (Wildman–Crippen MR) is 83.0 cm³/mol. The maximum absolute atomic E-state index is 12.6. The van der Waals surface area contributed by atoms with Crippen LogP contribution in [0.2, 0.25) is 0 Å². The summed E-state index contributed by atoms with van der Waals surface area (Å²) in [5.41, 5.74) is 7.14. The molecule has 0 saturated carbocycles. The smallest absolute Gasteiger partial charge is 0.254 e. The number of benzene rings is 1. The quantitative estimate of drug-likeness (QED) is 0.374.